The number of hydrogen-bond donors (Lipinski definition) is 1. The van der Waals surface area contributed by atoms with Crippen LogP contribution >= 0.6 is 11.8 Å². The Bertz CT molecular complexity index is 789. The standard InChI is InChI=1S/C18H22N4O4S/c19-16(23)12-3-5-22(6-4-12)18-20-17(24)14(27-18)11-13-1-2-15(26-13)21-7-9-25-10-8-21/h1-2,11-12H,3-10H2,(H2,19,23)/b14-11-. The maximum Gasteiger partial charge on any atom is 0.286 e. The van der Waals surface area contributed by atoms with Gasteiger partial charge in [-0.2, -0.15) is 4.99 Å². The summed E-state index contributed by atoms with van der Waals surface area (Å²) in [5.41, 5.74) is 5.38. The first kappa shape index (κ1) is 18.1. The molecule has 0 unspecified atom stereocenters. The maximum atomic E-state index is 12.3. The van der Waals surface area contributed by atoms with Crippen molar-refractivity contribution >= 4 is 40.7 Å². The number of furan rings is 1. The lowest BCUT2D eigenvalue weighted by Crippen LogP contribution is -2.40. The number of aliphatic imine (C=N–C) groups is 1. The first-order valence-corrected chi connectivity index (χ1v) is 9.91. The van der Waals surface area contributed by atoms with Crippen LogP contribution in [0.15, 0.2) is 26.4 Å². The summed E-state index contributed by atoms with van der Waals surface area (Å²) in [4.78, 5) is 32.4. The first-order valence-electron chi connectivity index (χ1n) is 9.09. The number of primary amides is 1. The van der Waals surface area contributed by atoms with Gasteiger partial charge < -0.3 is 24.7 Å². The first-order chi connectivity index (χ1) is 13.1. The third-order valence-electron chi connectivity index (χ3n) is 4.99. The lowest BCUT2D eigenvalue weighted by molar-refractivity contribution is -0.123. The molecule has 0 bridgehead atoms. The van der Waals surface area contributed by atoms with Crippen molar-refractivity contribution in [3.8, 4) is 0 Å². The van der Waals surface area contributed by atoms with E-state index in [2.05, 4.69) is 9.89 Å². The number of morpholine rings is 1. The minimum atomic E-state index is -0.253. The van der Waals surface area contributed by atoms with Crippen molar-refractivity contribution < 1.29 is 18.7 Å². The number of carbonyl (C=O) groups is 2. The number of ether oxygens (including phenoxy) is 1. The van der Waals surface area contributed by atoms with Crippen molar-refractivity contribution in [3.05, 3.63) is 22.8 Å². The number of amidine groups is 1. The Balaban J connectivity index is 1.39. The zero-order chi connectivity index (χ0) is 18.8. The van der Waals surface area contributed by atoms with E-state index in [1.54, 1.807) is 6.08 Å². The molecule has 2 N–H and O–H groups in total. The topological polar surface area (TPSA) is 101 Å². The lowest BCUT2D eigenvalue weighted by atomic mass is 9.97. The van der Waals surface area contributed by atoms with E-state index in [1.165, 1.54) is 11.8 Å². The van der Waals surface area contributed by atoms with Crippen molar-refractivity contribution in [1.82, 2.24) is 4.90 Å². The number of nitrogens with two attached hydrogens (primary N) is 1. The summed E-state index contributed by atoms with van der Waals surface area (Å²) in [5.74, 6) is 0.838. The van der Waals surface area contributed by atoms with Gasteiger partial charge in [0.15, 0.2) is 11.1 Å². The average Bonchev–Trinajstić information content (AvgIpc) is 3.30. The third-order valence-corrected chi connectivity index (χ3v) is 6.03. The number of thioether (sulfide) groups is 1. The molecule has 3 aliphatic rings. The van der Waals surface area contributed by atoms with E-state index in [1.807, 2.05) is 17.0 Å². The summed E-state index contributed by atoms with van der Waals surface area (Å²) in [6.45, 7) is 4.34. The minimum absolute atomic E-state index is 0.0827. The molecule has 144 valence electrons. The number of rotatable bonds is 3. The van der Waals surface area contributed by atoms with Crippen molar-refractivity contribution in [2.24, 2.45) is 16.6 Å². The molecular formula is C18H22N4O4S. The second kappa shape index (κ2) is 7.77. The van der Waals surface area contributed by atoms with Crippen molar-refractivity contribution in [2.45, 2.75) is 12.8 Å². The summed E-state index contributed by atoms with van der Waals surface area (Å²) in [6.07, 6.45) is 3.14. The zero-order valence-corrected chi connectivity index (χ0v) is 15.7. The van der Waals surface area contributed by atoms with E-state index in [9.17, 15) is 9.59 Å². The van der Waals surface area contributed by atoms with Crippen LogP contribution in [0, 0.1) is 5.92 Å². The molecule has 2 saturated heterocycles. The summed E-state index contributed by atoms with van der Waals surface area (Å²) in [7, 11) is 0. The molecule has 0 aliphatic carbocycles. The number of amides is 2. The van der Waals surface area contributed by atoms with Gasteiger partial charge in [-0.25, -0.2) is 0 Å². The molecule has 4 rings (SSSR count). The lowest BCUT2D eigenvalue weighted by Gasteiger charge is -2.31. The quantitative estimate of drug-likeness (QED) is 0.776. The van der Waals surface area contributed by atoms with E-state index in [-0.39, 0.29) is 17.7 Å². The molecule has 0 saturated carbocycles. The van der Waals surface area contributed by atoms with Crippen LogP contribution in [-0.2, 0) is 14.3 Å². The van der Waals surface area contributed by atoms with E-state index in [4.69, 9.17) is 14.9 Å². The molecule has 4 heterocycles. The Kier molecular flexibility index (Phi) is 5.22. The van der Waals surface area contributed by atoms with Crippen LogP contribution in [0.1, 0.15) is 18.6 Å². The fraction of sp³-hybridized carbons (Fsp3) is 0.500. The van der Waals surface area contributed by atoms with Gasteiger partial charge in [-0.05, 0) is 30.7 Å². The fourth-order valence-corrected chi connectivity index (χ4v) is 4.34. The Morgan fingerprint density at radius 2 is 1.93 bits per heavy atom. The maximum absolute atomic E-state index is 12.3. The van der Waals surface area contributed by atoms with E-state index >= 15 is 0 Å². The van der Waals surface area contributed by atoms with E-state index in [0.717, 1.165) is 19.0 Å². The van der Waals surface area contributed by atoms with Gasteiger partial charge >= 0.3 is 0 Å². The molecule has 3 aliphatic heterocycles. The molecule has 0 aromatic carbocycles. The normalized spacial score (nSPS) is 23.2. The Hall–Kier alpha value is -2.26. The fourth-order valence-electron chi connectivity index (χ4n) is 3.39. The van der Waals surface area contributed by atoms with Crippen LogP contribution in [0.25, 0.3) is 6.08 Å². The highest BCUT2D eigenvalue weighted by atomic mass is 32.2. The van der Waals surface area contributed by atoms with Crippen LogP contribution in [0.4, 0.5) is 5.88 Å². The molecule has 0 atom stereocenters. The molecule has 27 heavy (non-hydrogen) atoms. The number of hydrogen-bond acceptors (Lipinski definition) is 7. The van der Waals surface area contributed by atoms with Crippen molar-refractivity contribution in [2.75, 3.05) is 44.3 Å². The highest BCUT2D eigenvalue weighted by molar-refractivity contribution is 8.18. The van der Waals surface area contributed by atoms with Gasteiger partial charge in [-0.15, -0.1) is 0 Å². The molecule has 2 fully saturated rings. The molecule has 9 heteroatoms. The number of carbonyl (C=O) groups excluding carboxylic acids is 2. The SMILES string of the molecule is NC(=O)C1CCN(C2=NC(=O)/C(=C/c3ccc(N4CCOCC4)o3)S2)CC1. The molecule has 2 amide bonds. The number of likely N-dealkylation sites (tertiary alicyclic amines) is 1. The van der Waals surface area contributed by atoms with Gasteiger partial charge in [0.2, 0.25) is 5.91 Å². The highest BCUT2D eigenvalue weighted by Crippen LogP contribution is 2.33. The van der Waals surface area contributed by atoms with Crippen LogP contribution in [0.3, 0.4) is 0 Å². The number of piperidine rings is 1. The number of nitrogens with zero attached hydrogens (tertiary/aromatic N) is 3. The minimum Gasteiger partial charge on any atom is -0.441 e. The highest BCUT2D eigenvalue weighted by Gasteiger charge is 2.30. The van der Waals surface area contributed by atoms with E-state index in [0.29, 0.717) is 55.0 Å². The van der Waals surface area contributed by atoms with Gasteiger partial charge in [0.1, 0.15) is 5.76 Å². The monoisotopic (exact) mass is 390 g/mol. The van der Waals surface area contributed by atoms with Crippen LogP contribution in [0.5, 0.6) is 0 Å². The molecular weight excluding hydrogens is 368 g/mol. The second-order valence-corrected chi connectivity index (χ2v) is 7.76. The van der Waals surface area contributed by atoms with Crippen molar-refractivity contribution in [1.29, 1.82) is 0 Å². The third kappa shape index (κ3) is 4.03. The van der Waals surface area contributed by atoms with Gasteiger partial charge in [-0.1, -0.05) is 0 Å². The van der Waals surface area contributed by atoms with Gasteiger partial charge in [0.25, 0.3) is 5.91 Å². The van der Waals surface area contributed by atoms with E-state index < -0.39 is 0 Å². The predicted molar refractivity (Wildman–Crippen MR) is 103 cm³/mol. The Morgan fingerprint density at radius 3 is 2.63 bits per heavy atom. The zero-order valence-electron chi connectivity index (χ0n) is 14.9. The van der Waals surface area contributed by atoms with Gasteiger partial charge in [-0.3, -0.25) is 9.59 Å². The summed E-state index contributed by atoms with van der Waals surface area (Å²) < 4.78 is 11.2. The average molecular weight is 390 g/mol. The van der Waals surface area contributed by atoms with Crippen molar-refractivity contribution in [3.63, 3.8) is 0 Å². The van der Waals surface area contributed by atoms with Crippen LogP contribution < -0.4 is 10.6 Å². The smallest absolute Gasteiger partial charge is 0.286 e. The predicted octanol–water partition coefficient (Wildman–Crippen LogP) is 1.28. The molecule has 0 radical (unpaired) electrons. The van der Waals surface area contributed by atoms with Crippen LogP contribution in [-0.4, -0.2) is 61.3 Å². The second-order valence-electron chi connectivity index (χ2n) is 6.75. The molecule has 8 nitrogen and oxygen atoms in total. The summed E-state index contributed by atoms with van der Waals surface area (Å²) >= 11 is 1.35. The number of anilines is 1. The van der Waals surface area contributed by atoms with Gasteiger partial charge in [0, 0.05) is 44.2 Å². The Morgan fingerprint density at radius 1 is 1.19 bits per heavy atom. The van der Waals surface area contributed by atoms with Crippen LogP contribution in [0.2, 0.25) is 0 Å². The molecule has 0 spiro atoms. The Labute approximate surface area is 161 Å². The molecule has 1 aromatic heterocycles. The molecule has 1 aromatic rings. The summed E-state index contributed by atoms with van der Waals surface area (Å²) in [6, 6.07) is 3.78. The largest absolute Gasteiger partial charge is 0.441 e. The summed E-state index contributed by atoms with van der Waals surface area (Å²) in [5, 5.41) is 0.689. The van der Waals surface area contributed by atoms with Gasteiger partial charge in [0.05, 0.1) is 18.1 Å².